The Labute approximate surface area is 97.8 Å². The van der Waals surface area contributed by atoms with Gasteiger partial charge in [0.05, 0.1) is 0 Å². The van der Waals surface area contributed by atoms with E-state index in [1.54, 1.807) is 0 Å². The Morgan fingerprint density at radius 3 is 1.67 bits per heavy atom. The van der Waals surface area contributed by atoms with Gasteiger partial charge in [0.2, 0.25) is 0 Å². The van der Waals surface area contributed by atoms with Gasteiger partial charge in [-0.25, -0.2) is 0 Å². The van der Waals surface area contributed by atoms with Gasteiger partial charge >= 0.3 is 0 Å². The molecule has 0 amide bonds. The van der Waals surface area contributed by atoms with Crippen molar-refractivity contribution >= 4 is 0 Å². The first-order valence-electron chi connectivity index (χ1n) is 6.11. The van der Waals surface area contributed by atoms with E-state index < -0.39 is 0 Å². The molecule has 0 saturated heterocycles. The zero-order valence-electron chi connectivity index (χ0n) is 12.1. The Hall–Kier alpha value is -0.780. The lowest BCUT2D eigenvalue weighted by Crippen LogP contribution is -1.82. The summed E-state index contributed by atoms with van der Waals surface area (Å²) in [6.45, 7) is 20.3. The number of allylic oxidation sites excluding steroid dienone is 5. The molecule has 15 heavy (non-hydrogen) atoms. The molecule has 0 atom stereocenters. The zero-order valence-corrected chi connectivity index (χ0v) is 12.1. The molecule has 0 N–H and O–H groups in total. The van der Waals surface area contributed by atoms with Crippen molar-refractivity contribution in [1.29, 1.82) is 0 Å². The van der Waals surface area contributed by atoms with Crippen molar-refractivity contribution in [2.75, 3.05) is 0 Å². The largest absolute Gasteiger partial charge is 0.0958 e. The topological polar surface area (TPSA) is 0 Å². The van der Waals surface area contributed by atoms with Gasteiger partial charge < -0.3 is 0 Å². The van der Waals surface area contributed by atoms with Gasteiger partial charge in [-0.2, -0.15) is 0 Å². The molecule has 0 heterocycles. The van der Waals surface area contributed by atoms with Gasteiger partial charge in [0.15, 0.2) is 0 Å². The van der Waals surface area contributed by atoms with Crippen LogP contribution in [0.1, 0.15) is 61.8 Å². The van der Waals surface area contributed by atoms with Gasteiger partial charge in [-0.3, -0.25) is 0 Å². The van der Waals surface area contributed by atoms with Crippen molar-refractivity contribution in [1.82, 2.24) is 0 Å². The molecule has 0 radical (unpaired) electrons. The van der Waals surface area contributed by atoms with Gasteiger partial charge in [-0.1, -0.05) is 64.5 Å². The summed E-state index contributed by atoms with van der Waals surface area (Å²) in [7, 11) is 0. The molecular weight excluding hydrogens is 180 g/mol. The fourth-order valence-corrected chi connectivity index (χ4v) is 0.885. The summed E-state index contributed by atoms with van der Waals surface area (Å²) in [6.07, 6.45) is 5.38. The predicted octanol–water partition coefficient (Wildman–Crippen LogP) is 5.92. The van der Waals surface area contributed by atoms with E-state index in [9.17, 15) is 0 Å². The van der Waals surface area contributed by atoms with E-state index in [1.807, 2.05) is 27.7 Å². The summed E-state index contributed by atoms with van der Waals surface area (Å²) in [5.74, 6) is 0. The third-order valence-electron chi connectivity index (χ3n) is 1.79. The smallest absolute Gasteiger partial charge is 0.0305 e. The Kier molecular flexibility index (Phi) is 20.6. The normalized spacial score (nSPS) is 10.7. The molecule has 0 aliphatic rings. The highest BCUT2D eigenvalue weighted by Gasteiger charge is 1.93. The third-order valence-corrected chi connectivity index (χ3v) is 1.79. The lowest BCUT2D eigenvalue weighted by Gasteiger charge is -2.02. The highest BCUT2D eigenvalue weighted by Crippen LogP contribution is 2.13. The molecule has 0 aromatic carbocycles. The van der Waals surface area contributed by atoms with E-state index in [4.69, 9.17) is 0 Å². The van der Waals surface area contributed by atoms with E-state index in [0.29, 0.717) is 0 Å². The minimum Gasteiger partial charge on any atom is -0.0958 e. The van der Waals surface area contributed by atoms with E-state index in [2.05, 4.69) is 46.4 Å². The molecule has 0 unspecified atom stereocenters. The van der Waals surface area contributed by atoms with Gasteiger partial charge in [0.1, 0.15) is 0 Å². The first kappa shape index (κ1) is 19.7. The SMILES string of the molecule is C=C(C)/C(=C\C(C)=C/C)CC.CC.CC. The highest BCUT2D eigenvalue weighted by molar-refractivity contribution is 5.33. The minimum absolute atomic E-state index is 1.07. The number of hydrogen-bond donors (Lipinski definition) is 0. The van der Waals surface area contributed by atoms with E-state index in [1.165, 1.54) is 16.7 Å². The van der Waals surface area contributed by atoms with Crippen LogP contribution in [0.25, 0.3) is 0 Å². The molecule has 0 spiro atoms. The monoisotopic (exact) mass is 210 g/mol. The summed E-state index contributed by atoms with van der Waals surface area (Å²) in [4.78, 5) is 0. The van der Waals surface area contributed by atoms with Crippen LogP contribution in [-0.4, -0.2) is 0 Å². The molecule has 0 aliphatic carbocycles. The average molecular weight is 210 g/mol. The van der Waals surface area contributed by atoms with Crippen molar-refractivity contribution in [3.8, 4) is 0 Å². The van der Waals surface area contributed by atoms with Crippen molar-refractivity contribution in [3.63, 3.8) is 0 Å². The molecule has 0 aromatic heterocycles. The molecule has 0 heteroatoms. The third kappa shape index (κ3) is 13.2. The number of hydrogen-bond acceptors (Lipinski definition) is 0. The van der Waals surface area contributed by atoms with E-state index >= 15 is 0 Å². The summed E-state index contributed by atoms with van der Waals surface area (Å²) in [6, 6.07) is 0. The van der Waals surface area contributed by atoms with Crippen LogP contribution in [0.2, 0.25) is 0 Å². The van der Waals surface area contributed by atoms with Crippen molar-refractivity contribution in [2.24, 2.45) is 0 Å². The van der Waals surface area contributed by atoms with Gasteiger partial charge in [0, 0.05) is 0 Å². The lowest BCUT2D eigenvalue weighted by atomic mass is 10.0. The molecule has 0 aromatic rings. The summed E-state index contributed by atoms with van der Waals surface area (Å²) >= 11 is 0. The van der Waals surface area contributed by atoms with Crippen LogP contribution in [0.4, 0.5) is 0 Å². The Morgan fingerprint density at radius 2 is 1.47 bits per heavy atom. The quantitative estimate of drug-likeness (QED) is 0.507. The molecule has 0 saturated carbocycles. The molecule has 90 valence electrons. The standard InChI is InChI=1S/C11H18.2C2H6/c1-6-10(5)8-11(7-2)9(3)4;2*1-2/h6,8H,3,7H2,1-2,4-5H3;2*1-2H3/b10-6-,11-8-;;. The lowest BCUT2D eigenvalue weighted by molar-refractivity contribution is 1.10. The first-order valence-corrected chi connectivity index (χ1v) is 6.11. The Morgan fingerprint density at radius 1 is 1.07 bits per heavy atom. The van der Waals surface area contributed by atoms with Crippen LogP contribution in [-0.2, 0) is 0 Å². The minimum atomic E-state index is 1.07. The second-order valence-electron chi connectivity index (χ2n) is 2.84. The maximum atomic E-state index is 3.92. The molecule has 0 aliphatic heterocycles. The van der Waals surface area contributed by atoms with Gasteiger partial charge in [0.25, 0.3) is 0 Å². The molecule has 0 rings (SSSR count). The van der Waals surface area contributed by atoms with Crippen molar-refractivity contribution in [2.45, 2.75) is 61.8 Å². The summed E-state index contributed by atoms with van der Waals surface area (Å²) in [5.41, 5.74) is 3.83. The van der Waals surface area contributed by atoms with Crippen molar-refractivity contribution < 1.29 is 0 Å². The summed E-state index contributed by atoms with van der Waals surface area (Å²) < 4.78 is 0. The predicted molar refractivity (Wildman–Crippen MR) is 75.3 cm³/mol. The first-order chi connectivity index (χ1) is 7.11. The van der Waals surface area contributed by atoms with Crippen LogP contribution in [0, 0.1) is 0 Å². The van der Waals surface area contributed by atoms with E-state index in [0.717, 1.165) is 6.42 Å². The van der Waals surface area contributed by atoms with Crippen LogP contribution >= 0.6 is 0 Å². The zero-order chi connectivity index (χ0) is 12.9. The van der Waals surface area contributed by atoms with E-state index in [-0.39, 0.29) is 0 Å². The van der Waals surface area contributed by atoms with Crippen LogP contribution in [0.15, 0.2) is 35.5 Å². The molecule has 0 bridgehead atoms. The molecule has 0 nitrogen and oxygen atoms in total. The maximum absolute atomic E-state index is 3.92. The fraction of sp³-hybridized carbons (Fsp3) is 0.600. The van der Waals surface area contributed by atoms with Gasteiger partial charge in [-0.05, 0) is 32.8 Å². The highest BCUT2D eigenvalue weighted by atomic mass is 14.0. The second-order valence-corrected chi connectivity index (χ2v) is 2.84. The molecular formula is C15H30. The maximum Gasteiger partial charge on any atom is -0.0305 e. The van der Waals surface area contributed by atoms with Crippen LogP contribution in [0.5, 0.6) is 0 Å². The second kappa shape index (κ2) is 15.7. The fourth-order valence-electron chi connectivity index (χ4n) is 0.885. The van der Waals surface area contributed by atoms with Crippen LogP contribution < -0.4 is 0 Å². The Bertz CT molecular complexity index is 192. The average Bonchev–Trinajstić information content (AvgIpc) is 2.30. The van der Waals surface area contributed by atoms with Gasteiger partial charge in [-0.15, -0.1) is 0 Å². The van der Waals surface area contributed by atoms with Crippen LogP contribution in [0.3, 0.4) is 0 Å². The van der Waals surface area contributed by atoms with Crippen molar-refractivity contribution in [3.05, 3.63) is 35.5 Å². The molecule has 0 fully saturated rings. The number of rotatable bonds is 3. The Balaban J connectivity index is -0.000000318. The summed E-state index contributed by atoms with van der Waals surface area (Å²) in [5, 5.41) is 0.